The number of hydrogen-bond donors (Lipinski definition) is 1. The Kier molecular flexibility index (Phi) is 4.84. The van der Waals surface area contributed by atoms with Gasteiger partial charge < -0.3 is 10.1 Å². The second kappa shape index (κ2) is 6.61. The largest absolute Gasteiger partial charge is 0.375 e. The Morgan fingerprint density at radius 1 is 1.44 bits per heavy atom. The maximum absolute atomic E-state index is 8.24. The van der Waals surface area contributed by atoms with Crippen molar-refractivity contribution >= 4 is 11.6 Å². The van der Waals surface area contributed by atoms with Crippen molar-refractivity contribution in [3.63, 3.8) is 0 Å². The lowest BCUT2D eigenvalue weighted by atomic mass is 10.1. The molecule has 6 heteroatoms. The smallest absolute Gasteiger partial charge is 0.0756 e. The average molecular weight is 267 g/mol. The summed E-state index contributed by atoms with van der Waals surface area (Å²) in [5, 5.41) is 7.67. The number of halogens is 1. The molecule has 1 heterocycles. The van der Waals surface area contributed by atoms with E-state index in [1.807, 2.05) is 24.3 Å². The van der Waals surface area contributed by atoms with Crippen LogP contribution in [0.5, 0.6) is 0 Å². The highest BCUT2D eigenvalue weighted by Gasteiger charge is 2.20. The molecule has 0 aromatic heterocycles. The van der Waals surface area contributed by atoms with Gasteiger partial charge in [0.05, 0.1) is 19.3 Å². The minimum absolute atomic E-state index is 0.0117. The van der Waals surface area contributed by atoms with Crippen LogP contribution in [-0.4, -0.2) is 31.8 Å². The number of benzene rings is 1. The molecule has 0 spiro atoms. The molecule has 1 aliphatic heterocycles. The van der Waals surface area contributed by atoms with E-state index in [1.54, 1.807) is 0 Å². The average Bonchev–Trinajstić information content (AvgIpc) is 2.41. The Labute approximate surface area is 111 Å². The summed E-state index contributed by atoms with van der Waals surface area (Å²) in [4.78, 5) is 2.73. The van der Waals surface area contributed by atoms with Crippen molar-refractivity contribution in [3.05, 3.63) is 45.3 Å². The summed E-state index contributed by atoms with van der Waals surface area (Å²) in [6.45, 7) is 1.74. The van der Waals surface area contributed by atoms with E-state index in [1.165, 1.54) is 5.56 Å². The SMILES string of the molecule is [N-]=[N+]=NC[C@H]1CN[C@@H](Cc2ccc(Cl)cc2)CO1. The Morgan fingerprint density at radius 3 is 2.83 bits per heavy atom. The summed E-state index contributed by atoms with van der Waals surface area (Å²) in [5.41, 5.74) is 9.47. The van der Waals surface area contributed by atoms with Crippen molar-refractivity contribution in [2.45, 2.75) is 18.6 Å². The minimum atomic E-state index is -0.0117. The number of hydrogen-bond acceptors (Lipinski definition) is 3. The summed E-state index contributed by atoms with van der Waals surface area (Å²) in [6.07, 6.45) is 0.896. The van der Waals surface area contributed by atoms with Gasteiger partial charge in [0.2, 0.25) is 0 Å². The van der Waals surface area contributed by atoms with Crippen LogP contribution < -0.4 is 5.32 Å². The number of azide groups is 1. The van der Waals surface area contributed by atoms with Gasteiger partial charge in [-0.3, -0.25) is 0 Å². The van der Waals surface area contributed by atoms with E-state index in [0.717, 1.165) is 18.0 Å². The fourth-order valence-corrected chi connectivity index (χ4v) is 2.08. The van der Waals surface area contributed by atoms with Gasteiger partial charge in [-0.1, -0.05) is 28.8 Å². The van der Waals surface area contributed by atoms with Crippen LogP contribution in [0.2, 0.25) is 5.02 Å². The first-order valence-corrected chi connectivity index (χ1v) is 6.26. The van der Waals surface area contributed by atoms with E-state index >= 15 is 0 Å². The lowest BCUT2D eigenvalue weighted by Crippen LogP contribution is -2.48. The maximum atomic E-state index is 8.24. The van der Waals surface area contributed by atoms with Crippen LogP contribution in [0, 0.1) is 0 Å². The highest BCUT2D eigenvalue weighted by atomic mass is 35.5. The van der Waals surface area contributed by atoms with Gasteiger partial charge in [0.25, 0.3) is 0 Å². The quantitative estimate of drug-likeness (QED) is 0.517. The summed E-state index contributed by atoms with van der Waals surface area (Å²) in [5.74, 6) is 0. The Morgan fingerprint density at radius 2 is 2.22 bits per heavy atom. The number of rotatable bonds is 4. The normalized spacial score (nSPS) is 23.4. The molecule has 0 unspecified atom stereocenters. The molecule has 18 heavy (non-hydrogen) atoms. The molecule has 0 bridgehead atoms. The molecule has 1 aromatic carbocycles. The molecule has 0 aliphatic carbocycles. The van der Waals surface area contributed by atoms with E-state index in [0.29, 0.717) is 19.2 Å². The molecule has 1 saturated heterocycles. The van der Waals surface area contributed by atoms with Crippen molar-refractivity contribution in [2.75, 3.05) is 19.7 Å². The van der Waals surface area contributed by atoms with Crippen molar-refractivity contribution in [3.8, 4) is 0 Å². The standard InChI is InChI=1S/C12H15ClN4O/c13-10-3-1-9(2-4-10)5-11-8-18-12(6-15-11)7-16-17-14/h1-4,11-12,15H,5-8H2/t11-,12+/m0/s1. The van der Waals surface area contributed by atoms with E-state index in [-0.39, 0.29) is 6.10 Å². The first kappa shape index (κ1) is 13.2. The van der Waals surface area contributed by atoms with Crippen LogP contribution in [0.1, 0.15) is 5.56 Å². The number of nitrogens with zero attached hydrogens (tertiary/aromatic N) is 3. The predicted molar refractivity (Wildman–Crippen MR) is 70.7 cm³/mol. The number of ether oxygens (including phenoxy) is 1. The molecule has 0 amide bonds. The van der Waals surface area contributed by atoms with Crippen LogP contribution in [0.4, 0.5) is 0 Å². The zero-order valence-corrected chi connectivity index (χ0v) is 10.7. The Balaban J connectivity index is 1.79. The van der Waals surface area contributed by atoms with Gasteiger partial charge in [-0.25, -0.2) is 0 Å². The van der Waals surface area contributed by atoms with Gasteiger partial charge in [-0.05, 0) is 29.6 Å². The van der Waals surface area contributed by atoms with Gasteiger partial charge in [0.1, 0.15) is 0 Å². The minimum Gasteiger partial charge on any atom is -0.375 e. The van der Waals surface area contributed by atoms with Crippen molar-refractivity contribution < 1.29 is 4.74 Å². The highest BCUT2D eigenvalue weighted by Crippen LogP contribution is 2.13. The van der Waals surface area contributed by atoms with Crippen molar-refractivity contribution in [1.82, 2.24) is 5.32 Å². The van der Waals surface area contributed by atoms with Crippen LogP contribution >= 0.6 is 11.6 Å². The molecular weight excluding hydrogens is 252 g/mol. The van der Waals surface area contributed by atoms with Crippen LogP contribution in [-0.2, 0) is 11.2 Å². The van der Waals surface area contributed by atoms with Crippen LogP contribution in [0.25, 0.3) is 10.4 Å². The summed E-state index contributed by atoms with van der Waals surface area (Å²) in [6, 6.07) is 8.14. The fraction of sp³-hybridized carbons (Fsp3) is 0.500. The van der Waals surface area contributed by atoms with Gasteiger partial charge in [-0.2, -0.15) is 0 Å². The van der Waals surface area contributed by atoms with Crippen molar-refractivity contribution in [2.24, 2.45) is 5.11 Å². The van der Waals surface area contributed by atoms with Gasteiger partial charge in [-0.15, -0.1) is 0 Å². The Bertz CT molecular complexity index is 422. The molecule has 2 atom stereocenters. The first-order chi connectivity index (χ1) is 8.78. The van der Waals surface area contributed by atoms with Crippen LogP contribution in [0.15, 0.2) is 29.4 Å². The number of nitrogens with one attached hydrogen (secondary N) is 1. The maximum Gasteiger partial charge on any atom is 0.0756 e. The van der Waals surface area contributed by atoms with E-state index in [4.69, 9.17) is 21.9 Å². The number of morpholine rings is 1. The molecule has 5 nitrogen and oxygen atoms in total. The second-order valence-electron chi connectivity index (χ2n) is 4.30. The van der Waals surface area contributed by atoms with E-state index in [9.17, 15) is 0 Å². The molecule has 96 valence electrons. The van der Waals surface area contributed by atoms with Crippen molar-refractivity contribution in [1.29, 1.82) is 0 Å². The summed E-state index contributed by atoms with van der Waals surface area (Å²) >= 11 is 5.84. The van der Waals surface area contributed by atoms with Gasteiger partial charge in [0.15, 0.2) is 0 Å². The molecule has 2 rings (SSSR count). The predicted octanol–water partition coefficient (Wildman–Crippen LogP) is 2.55. The monoisotopic (exact) mass is 266 g/mol. The molecule has 1 N–H and O–H groups in total. The van der Waals surface area contributed by atoms with Gasteiger partial charge in [0, 0.05) is 22.5 Å². The molecule has 1 fully saturated rings. The Hall–Kier alpha value is -1.26. The molecule has 0 radical (unpaired) electrons. The zero-order chi connectivity index (χ0) is 12.8. The lowest BCUT2D eigenvalue weighted by molar-refractivity contribution is 0.00997. The third kappa shape index (κ3) is 3.89. The van der Waals surface area contributed by atoms with E-state index in [2.05, 4.69) is 15.3 Å². The zero-order valence-electron chi connectivity index (χ0n) is 9.92. The summed E-state index contributed by atoms with van der Waals surface area (Å²) in [7, 11) is 0. The van der Waals surface area contributed by atoms with E-state index < -0.39 is 0 Å². The topological polar surface area (TPSA) is 70.0 Å². The highest BCUT2D eigenvalue weighted by molar-refractivity contribution is 6.30. The third-order valence-corrected chi connectivity index (χ3v) is 3.16. The lowest BCUT2D eigenvalue weighted by Gasteiger charge is -2.29. The second-order valence-corrected chi connectivity index (χ2v) is 4.74. The molecule has 0 saturated carbocycles. The first-order valence-electron chi connectivity index (χ1n) is 5.88. The third-order valence-electron chi connectivity index (χ3n) is 2.91. The fourth-order valence-electron chi connectivity index (χ4n) is 1.95. The van der Waals surface area contributed by atoms with Crippen LogP contribution in [0.3, 0.4) is 0 Å². The molecular formula is C12H15ClN4O. The van der Waals surface area contributed by atoms with Gasteiger partial charge >= 0.3 is 0 Å². The molecule has 1 aromatic rings. The molecule has 1 aliphatic rings. The summed E-state index contributed by atoms with van der Waals surface area (Å²) < 4.78 is 5.64.